The maximum absolute atomic E-state index is 13.9. The summed E-state index contributed by atoms with van der Waals surface area (Å²) in [5.41, 5.74) is 1.12. The second-order valence-corrected chi connectivity index (χ2v) is 7.72. The Kier molecular flexibility index (Phi) is 7.87. The number of ether oxygens (including phenoxy) is 1. The first-order valence-electron chi connectivity index (χ1n) is 11.1. The van der Waals surface area contributed by atoms with Crippen molar-refractivity contribution >= 4 is 11.7 Å². The molecular weight excluding hydrogens is 448 g/mol. The second-order valence-electron chi connectivity index (χ2n) is 7.72. The number of alkyl halides is 3. The van der Waals surface area contributed by atoms with Crippen LogP contribution in [-0.2, 0) is 15.7 Å². The highest BCUT2D eigenvalue weighted by Gasteiger charge is 2.34. The van der Waals surface area contributed by atoms with E-state index in [1.807, 2.05) is 32.2 Å². The van der Waals surface area contributed by atoms with Gasteiger partial charge in [0.05, 0.1) is 36.0 Å². The molecule has 0 radical (unpaired) electrons. The number of carbonyl (C=O) groups excluding carboxylic acids is 1. The van der Waals surface area contributed by atoms with Gasteiger partial charge in [-0.05, 0) is 48.7 Å². The molecule has 1 saturated heterocycles. The molecule has 2 aromatic carbocycles. The van der Waals surface area contributed by atoms with E-state index in [9.17, 15) is 22.4 Å². The quantitative estimate of drug-likeness (QED) is 0.360. The maximum atomic E-state index is 13.9. The molecule has 180 valence electrons. The molecule has 2 unspecified atom stereocenters. The number of nitrogens with zero attached hydrogens (tertiary/aromatic N) is 1. The Balaban J connectivity index is 0.00000158. The number of fused-ring (bicyclic) bond motifs is 1. The fourth-order valence-corrected chi connectivity index (χ4v) is 3.87. The molecule has 0 amide bonds. The topological polar surface area (TPSA) is 41.6 Å². The van der Waals surface area contributed by atoms with E-state index in [0.29, 0.717) is 24.2 Å². The predicted octanol–water partition coefficient (Wildman–Crippen LogP) is 5.38. The molecule has 2 aromatic rings. The zero-order valence-corrected chi connectivity index (χ0v) is 19.2. The van der Waals surface area contributed by atoms with Gasteiger partial charge in [0.25, 0.3) is 0 Å². The summed E-state index contributed by atoms with van der Waals surface area (Å²) < 4.78 is 57.2. The van der Waals surface area contributed by atoms with Crippen LogP contribution in [0.15, 0.2) is 48.7 Å². The van der Waals surface area contributed by atoms with Crippen molar-refractivity contribution in [3.63, 3.8) is 0 Å². The Bertz CT molecular complexity index is 1110. The van der Waals surface area contributed by atoms with E-state index in [1.54, 1.807) is 12.1 Å². The van der Waals surface area contributed by atoms with Crippen molar-refractivity contribution in [2.45, 2.75) is 39.0 Å². The molecule has 1 N–H and O–H groups in total. The molecular formula is C26H26F4N2O2. The van der Waals surface area contributed by atoms with Crippen molar-refractivity contribution in [1.82, 2.24) is 10.2 Å². The second kappa shape index (κ2) is 10.6. The van der Waals surface area contributed by atoms with E-state index >= 15 is 0 Å². The van der Waals surface area contributed by atoms with Crippen LogP contribution in [0.1, 0.15) is 48.9 Å². The lowest BCUT2D eigenvalue weighted by Gasteiger charge is -2.34. The van der Waals surface area contributed by atoms with E-state index in [2.05, 4.69) is 22.1 Å². The summed E-state index contributed by atoms with van der Waals surface area (Å²) in [4.78, 5) is 13.9. The number of esters is 1. The summed E-state index contributed by atoms with van der Waals surface area (Å²) in [6.45, 7) is 4.58. The molecule has 8 heteroatoms. The number of hydrogen-bond acceptors (Lipinski definition) is 4. The van der Waals surface area contributed by atoms with Crippen molar-refractivity contribution in [2.75, 3.05) is 13.7 Å². The predicted molar refractivity (Wildman–Crippen MR) is 122 cm³/mol. The number of benzene rings is 2. The summed E-state index contributed by atoms with van der Waals surface area (Å²) in [6.07, 6.45) is -0.903. The number of rotatable bonds is 2. The van der Waals surface area contributed by atoms with Gasteiger partial charge in [0, 0.05) is 18.3 Å². The van der Waals surface area contributed by atoms with E-state index in [-0.39, 0.29) is 23.6 Å². The summed E-state index contributed by atoms with van der Waals surface area (Å²) in [5.74, 6) is 4.04. The van der Waals surface area contributed by atoms with Gasteiger partial charge in [0.2, 0.25) is 0 Å². The van der Waals surface area contributed by atoms with Crippen LogP contribution in [0.5, 0.6) is 0 Å². The Labute approximate surface area is 196 Å². The fraction of sp³-hybridized carbons (Fsp3) is 0.346. The molecule has 2 aliphatic heterocycles. The summed E-state index contributed by atoms with van der Waals surface area (Å²) in [5, 5.41) is 3.43. The van der Waals surface area contributed by atoms with Crippen LogP contribution in [0, 0.1) is 23.6 Å². The first-order chi connectivity index (χ1) is 16.2. The van der Waals surface area contributed by atoms with Crippen molar-refractivity contribution in [3.8, 4) is 11.8 Å². The normalized spacial score (nSPS) is 18.9. The van der Waals surface area contributed by atoms with E-state index < -0.39 is 17.6 Å². The number of hydrogen-bond donors (Lipinski definition) is 1. The first kappa shape index (κ1) is 25.2. The van der Waals surface area contributed by atoms with Crippen LogP contribution in [0.25, 0.3) is 5.70 Å². The van der Waals surface area contributed by atoms with Crippen LogP contribution in [0.3, 0.4) is 0 Å². The standard InChI is InChI=1S/C24H20F4N2O2.C2H6/c1-32-23(31)18-8-11-22-29-21(14-30(22)13-18)16-5-2-15(3-6-16)4-7-17-12-19(24(26,27)28)9-10-20(17)25;1-2/h2-3,5-6,9-10,12,14,18,22,29H,8,11,13H2,1H3;1-2H3. The number of halogens is 4. The molecule has 2 atom stereocenters. The number of nitrogens with one attached hydrogen (secondary N) is 1. The smallest absolute Gasteiger partial charge is 0.416 e. The van der Waals surface area contributed by atoms with Crippen molar-refractivity contribution in [3.05, 3.63) is 76.7 Å². The lowest BCUT2D eigenvalue weighted by Crippen LogP contribution is -2.45. The number of carbonyl (C=O) groups is 1. The molecule has 0 bridgehead atoms. The SMILES string of the molecule is CC.COC(=O)C1CCC2NC(c3ccc(C#Cc4cc(C(F)(F)F)ccc4F)cc3)=CN2C1. The number of piperidine rings is 1. The molecule has 0 saturated carbocycles. The summed E-state index contributed by atoms with van der Waals surface area (Å²) in [6, 6.07) is 9.30. The molecule has 2 heterocycles. The average Bonchev–Trinajstić information content (AvgIpc) is 3.27. The Morgan fingerprint density at radius 2 is 1.79 bits per heavy atom. The zero-order chi connectivity index (χ0) is 24.9. The highest BCUT2D eigenvalue weighted by Crippen LogP contribution is 2.31. The third kappa shape index (κ3) is 5.71. The van der Waals surface area contributed by atoms with Gasteiger partial charge in [-0.25, -0.2) is 4.39 Å². The molecule has 4 nitrogen and oxygen atoms in total. The Morgan fingerprint density at radius 1 is 1.09 bits per heavy atom. The third-order valence-corrected chi connectivity index (χ3v) is 5.60. The molecule has 0 aromatic heterocycles. The van der Waals surface area contributed by atoms with Crippen LogP contribution in [0.4, 0.5) is 17.6 Å². The monoisotopic (exact) mass is 474 g/mol. The zero-order valence-electron chi connectivity index (χ0n) is 19.2. The van der Waals surface area contributed by atoms with Gasteiger partial charge in [-0.3, -0.25) is 4.79 Å². The molecule has 34 heavy (non-hydrogen) atoms. The van der Waals surface area contributed by atoms with E-state index in [4.69, 9.17) is 4.74 Å². The van der Waals surface area contributed by atoms with E-state index in [0.717, 1.165) is 30.2 Å². The van der Waals surface area contributed by atoms with Gasteiger partial charge < -0.3 is 15.0 Å². The Morgan fingerprint density at radius 3 is 2.44 bits per heavy atom. The maximum Gasteiger partial charge on any atom is 0.416 e. The Hall–Kier alpha value is -3.47. The molecule has 0 aliphatic carbocycles. The van der Waals surface area contributed by atoms with Gasteiger partial charge in [0.15, 0.2) is 0 Å². The minimum absolute atomic E-state index is 0.120. The minimum atomic E-state index is -4.56. The average molecular weight is 474 g/mol. The molecule has 0 spiro atoms. The highest BCUT2D eigenvalue weighted by atomic mass is 19.4. The first-order valence-corrected chi connectivity index (χ1v) is 11.1. The largest absolute Gasteiger partial charge is 0.469 e. The molecule has 1 fully saturated rings. The lowest BCUT2D eigenvalue weighted by molar-refractivity contribution is -0.147. The van der Waals surface area contributed by atoms with Gasteiger partial charge in [-0.15, -0.1) is 0 Å². The van der Waals surface area contributed by atoms with Crippen LogP contribution in [0.2, 0.25) is 0 Å². The van der Waals surface area contributed by atoms with Gasteiger partial charge in [0.1, 0.15) is 5.82 Å². The van der Waals surface area contributed by atoms with Gasteiger partial charge >= 0.3 is 12.1 Å². The van der Waals surface area contributed by atoms with Crippen molar-refractivity contribution in [2.24, 2.45) is 5.92 Å². The van der Waals surface area contributed by atoms with Crippen LogP contribution >= 0.6 is 0 Å². The van der Waals surface area contributed by atoms with Crippen LogP contribution in [-0.4, -0.2) is 30.7 Å². The van der Waals surface area contributed by atoms with Crippen molar-refractivity contribution in [1.29, 1.82) is 0 Å². The fourth-order valence-electron chi connectivity index (χ4n) is 3.87. The minimum Gasteiger partial charge on any atom is -0.469 e. The summed E-state index contributed by atoms with van der Waals surface area (Å²) in [7, 11) is 1.39. The van der Waals surface area contributed by atoms with Crippen LogP contribution < -0.4 is 5.32 Å². The van der Waals surface area contributed by atoms with Crippen molar-refractivity contribution < 1.29 is 27.1 Å². The summed E-state index contributed by atoms with van der Waals surface area (Å²) >= 11 is 0. The highest BCUT2D eigenvalue weighted by molar-refractivity contribution is 5.73. The molecule has 4 rings (SSSR count). The van der Waals surface area contributed by atoms with E-state index in [1.165, 1.54) is 7.11 Å². The van der Waals surface area contributed by atoms with Gasteiger partial charge in [-0.1, -0.05) is 37.8 Å². The van der Waals surface area contributed by atoms with Gasteiger partial charge in [-0.2, -0.15) is 13.2 Å². The molecule has 2 aliphatic rings. The number of methoxy groups -OCH3 is 1. The lowest BCUT2D eigenvalue weighted by atomic mass is 9.97. The third-order valence-electron chi connectivity index (χ3n) is 5.60.